The summed E-state index contributed by atoms with van der Waals surface area (Å²) in [5.74, 6) is 0.966. The van der Waals surface area contributed by atoms with Gasteiger partial charge in [0.1, 0.15) is 5.75 Å². The lowest BCUT2D eigenvalue weighted by atomic mass is 9.85. The van der Waals surface area contributed by atoms with Crippen molar-refractivity contribution in [3.05, 3.63) is 23.3 Å². The Morgan fingerprint density at radius 2 is 2.00 bits per heavy atom. The van der Waals surface area contributed by atoms with E-state index in [0.717, 1.165) is 24.4 Å². The van der Waals surface area contributed by atoms with Crippen molar-refractivity contribution in [3.63, 3.8) is 0 Å². The summed E-state index contributed by atoms with van der Waals surface area (Å²) < 4.78 is 5.49. The Morgan fingerprint density at radius 1 is 1.33 bits per heavy atom. The summed E-state index contributed by atoms with van der Waals surface area (Å²) in [4.78, 5) is 13.4. The van der Waals surface area contributed by atoms with Crippen LogP contribution < -0.4 is 9.64 Å². The molecule has 1 aromatic rings. The second kappa shape index (κ2) is 4.30. The van der Waals surface area contributed by atoms with Gasteiger partial charge in [-0.3, -0.25) is 4.79 Å². The summed E-state index contributed by atoms with van der Waals surface area (Å²) in [6, 6.07) is 4.20. The number of hydrogen-bond acceptors (Lipinski definition) is 2. The highest BCUT2D eigenvalue weighted by Crippen LogP contribution is 2.39. The maximum Gasteiger partial charge on any atom is 0.223 e. The van der Waals surface area contributed by atoms with Gasteiger partial charge in [-0.05, 0) is 29.0 Å². The maximum atomic E-state index is 11.6. The van der Waals surface area contributed by atoms with Crippen LogP contribution in [0, 0.1) is 0 Å². The van der Waals surface area contributed by atoms with Crippen molar-refractivity contribution in [1.82, 2.24) is 0 Å². The fraction of sp³-hybridized carbons (Fsp3) is 0.533. The first-order valence-corrected chi connectivity index (χ1v) is 6.34. The molecule has 0 spiro atoms. The van der Waals surface area contributed by atoms with Crippen molar-refractivity contribution in [2.75, 3.05) is 18.6 Å². The highest BCUT2D eigenvalue weighted by Gasteiger charge is 2.27. The lowest BCUT2D eigenvalue weighted by molar-refractivity contribution is -0.116. The molecule has 0 fully saturated rings. The standard InChI is InChI=1S/C15H21NO2/c1-10(17)16-7-6-11-8-12(15(2,3)4)14(18-5)9-13(11)16/h8-9H,6-7H2,1-5H3. The topological polar surface area (TPSA) is 29.5 Å². The Hall–Kier alpha value is -1.51. The summed E-state index contributed by atoms with van der Waals surface area (Å²) in [5.41, 5.74) is 3.50. The second-order valence-corrected chi connectivity index (χ2v) is 5.85. The second-order valence-electron chi connectivity index (χ2n) is 5.85. The molecular weight excluding hydrogens is 226 g/mol. The number of fused-ring (bicyclic) bond motifs is 1. The Kier molecular flexibility index (Phi) is 3.09. The minimum Gasteiger partial charge on any atom is -0.496 e. The van der Waals surface area contributed by atoms with Gasteiger partial charge in [0.25, 0.3) is 0 Å². The van der Waals surface area contributed by atoms with Gasteiger partial charge < -0.3 is 9.64 Å². The molecule has 0 saturated carbocycles. The molecule has 0 saturated heterocycles. The van der Waals surface area contributed by atoms with Gasteiger partial charge in [0, 0.05) is 19.5 Å². The van der Waals surface area contributed by atoms with E-state index < -0.39 is 0 Å². The third-order valence-corrected chi connectivity index (χ3v) is 3.48. The smallest absolute Gasteiger partial charge is 0.223 e. The minimum atomic E-state index is 0.0457. The van der Waals surface area contributed by atoms with E-state index in [1.807, 2.05) is 11.0 Å². The molecule has 2 rings (SSSR count). The number of anilines is 1. The van der Waals surface area contributed by atoms with Crippen LogP contribution in [-0.4, -0.2) is 19.6 Å². The van der Waals surface area contributed by atoms with Crippen molar-refractivity contribution >= 4 is 11.6 Å². The van der Waals surface area contributed by atoms with Crippen LogP contribution in [0.4, 0.5) is 5.69 Å². The summed E-state index contributed by atoms with van der Waals surface area (Å²) in [6.07, 6.45) is 0.933. The molecule has 18 heavy (non-hydrogen) atoms. The fourth-order valence-electron chi connectivity index (χ4n) is 2.50. The molecule has 1 aromatic carbocycles. The maximum absolute atomic E-state index is 11.6. The van der Waals surface area contributed by atoms with Gasteiger partial charge in [0.2, 0.25) is 5.91 Å². The van der Waals surface area contributed by atoms with Gasteiger partial charge in [-0.25, -0.2) is 0 Å². The average molecular weight is 247 g/mol. The number of carbonyl (C=O) groups excluding carboxylic acids is 1. The number of benzene rings is 1. The van der Waals surface area contributed by atoms with Crippen molar-refractivity contribution in [3.8, 4) is 5.75 Å². The number of nitrogens with zero attached hydrogens (tertiary/aromatic N) is 1. The van der Waals surface area contributed by atoms with E-state index in [9.17, 15) is 4.79 Å². The number of rotatable bonds is 1. The van der Waals surface area contributed by atoms with Gasteiger partial charge in [0.05, 0.1) is 12.8 Å². The highest BCUT2D eigenvalue weighted by atomic mass is 16.5. The van der Waals surface area contributed by atoms with E-state index >= 15 is 0 Å². The molecule has 0 N–H and O–H groups in total. The normalized spacial score (nSPS) is 14.6. The zero-order chi connectivity index (χ0) is 13.5. The first kappa shape index (κ1) is 12.9. The third kappa shape index (κ3) is 2.09. The van der Waals surface area contributed by atoms with Crippen LogP contribution in [0.2, 0.25) is 0 Å². The van der Waals surface area contributed by atoms with Crippen LogP contribution in [-0.2, 0) is 16.6 Å². The molecule has 1 aliphatic rings. The van der Waals surface area contributed by atoms with E-state index in [1.54, 1.807) is 14.0 Å². The molecule has 0 atom stereocenters. The first-order valence-electron chi connectivity index (χ1n) is 6.34. The largest absolute Gasteiger partial charge is 0.496 e. The van der Waals surface area contributed by atoms with Gasteiger partial charge in [-0.15, -0.1) is 0 Å². The SMILES string of the molecule is COc1cc2c(cc1C(C)(C)C)CCN2C(C)=O. The predicted molar refractivity (Wildman–Crippen MR) is 73.4 cm³/mol. The van der Waals surface area contributed by atoms with Gasteiger partial charge in [0.15, 0.2) is 0 Å². The number of hydrogen-bond donors (Lipinski definition) is 0. The highest BCUT2D eigenvalue weighted by molar-refractivity contribution is 5.94. The zero-order valence-corrected chi connectivity index (χ0v) is 11.8. The molecule has 0 aliphatic carbocycles. The molecule has 3 nitrogen and oxygen atoms in total. The van der Waals surface area contributed by atoms with Crippen molar-refractivity contribution in [2.45, 2.75) is 39.5 Å². The Bertz CT molecular complexity index is 486. The van der Waals surface area contributed by atoms with Crippen molar-refractivity contribution < 1.29 is 9.53 Å². The van der Waals surface area contributed by atoms with E-state index in [4.69, 9.17) is 4.74 Å². The lowest BCUT2D eigenvalue weighted by Gasteiger charge is -2.24. The van der Waals surface area contributed by atoms with Crippen molar-refractivity contribution in [1.29, 1.82) is 0 Å². The van der Waals surface area contributed by atoms with Crippen LogP contribution in [0.1, 0.15) is 38.8 Å². The zero-order valence-electron chi connectivity index (χ0n) is 11.8. The van der Waals surface area contributed by atoms with E-state index in [0.29, 0.717) is 0 Å². The summed E-state index contributed by atoms with van der Waals surface area (Å²) in [7, 11) is 1.68. The van der Waals surface area contributed by atoms with Crippen LogP contribution in [0.25, 0.3) is 0 Å². The van der Waals surface area contributed by atoms with E-state index in [2.05, 4.69) is 26.8 Å². The Balaban J connectivity index is 2.55. The first-order chi connectivity index (χ1) is 8.34. The Morgan fingerprint density at radius 3 is 2.50 bits per heavy atom. The van der Waals surface area contributed by atoms with Gasteiger partial charge in [-0.1, -0.05) is 20.8 Å². The number of carbonyl (C=O) groups is 1. The van der Waals surface area contributed by atoms with E-state index in [-0.39, 0.29) is 11.3 Å². The molecular formula is C15H21NO2. The lowest BCUT2D eigenvalue weighted by Crippen LogP contribution is -2.25. The molecule has 0 aromatic heterocycles. The summed E-state index contributed by atoms with van der Waals surface area (Å²) >= 11 is 0. The third-order valence-electron chi connectivity index (χ3n) is 3.48. The molecule has 3 heteroatoms. The summed E-state index contributed by atoms with van der Waals surface area (Å²) in [5, 5.41) is 0. The van der Waals surface area contributed by atoms with Crippen LogP contribution >= 0.6 is 0 Å². The number of amides is 1. The molecule has 0 bridgehead atoms. The molecule has 0 radical (unpaired) electrons. The quantitative estimate of drug-likeness (QED) is 0.763. The average Bonchev–Trinajstić information content (AvgIpc) is 2.68. The molecule has 98 valence electrons. The minimum absolute atomic E-state index is 0.0457. The monoisotopic (exact) mass is 247 g/mol. The Labute approximate surface area is 109 Å². The van der Waals surface area contributed by atoms with Gasteiger partial charge >= 0.3 is 0 Å². The summed E-state index contributed by atoms with van der Waals surface area (Å²) in [6.45, 7) is 8.92. The molecule has 1 heterocycles. The molecule has 0 unspecified atom stereocenters. The van der Waals surface area contributed by atoms with Crippen molar-refractivity contribution in [2.24, 2.45) is 0 Å². The van der Waals surface area contributed by atoms with Crippen LogP contribution in [0.3, 0.4) is 0 Å². The molecule has 1 aliphatic heterocycles. The fourth-order valence-corrected chi connectivity index (χ4v) is 2.50. The molecule has 1 amide bonds. The van der Waals surface area contributed by atoms with Crippen LogP contribution in [0.15, 0.2) is 12.1 Å². The predicted octanol–water partition coefficient (Wildman–Crippen LogP) is 2.90. The van der Waals surface area contributed by atoms with Crippen LogP contribution in [0.5, 0.6) is 5.75 Å². The van der Waals surface area contributed by atoms with Gasteiger partial charge in [-0.2, -0.15) is 0 Å². The number of ether oxygens (including phenoxy) is 1. The number of methoxy groups -OCH3 is 1. The van der Waals surface area contributed by atoms with E-state index in [1.165, 1.54) is 11.1 Å².